The fourth-order valence-corrected chi connectivity index (χ4v) is 2.46. The highest BCUT2D eigenvalue weighted by Gasteiger charge is 2.16. The van der Waals surface area contributed by atoms with Crippen molar-refractivity contribution in [2.75, 3.05) is 34.0 Å². The van der Waals surface area contributed by atoms with Crippen LogP contribution in [-0.4, -0.2) is 34.0 Å². The van der Waals surface area contributed by atoms with E-state index in [1.54, 1.807) is 7.11 Å². The first-order chi connectivity index (χ1) is 10.2. The molecule has 0 aromatic heterocycles. The monoisotopic (exact) mass is 295 g/mol. The van der Waals surface area contributed by atoms with Gasteiger partial charge in [-0.25, -0.2) is 0 Å². The van der Waals surface area contributed by atoms with Crippen molar-refractivity contribution in [3.05, 3.63) is 23.8 Å². The van der Waals surface area contributed by atoms with E-state index < -0.39 is 0 Å². The molecule has 0 spiro atoms. The summed E-state index contributed by atoms with van der Waals surface area (Å²) in [6.45, 7) is 8.21. The number of hydrogen-bond acceptors (Lipinski definition) is 4. The van der Waals surface area contributed by atoms with Gasteiger partial charge in [-0.05, 0) is 50.9 Å². The second-order valence-corrected chi connectivity index (χ2v) is 5.21. The fraction of sp³-hybridized carbons (Fsp3) is 0.647. The maximum absolute atomic E-state index is 5.70. The van der Waals surface area contributed by atoms with Gasteiger partial charge >= 0.3 is 0 Å². The Labute approximate surface area is 128 Å². The smallest absolute Gasteiger partial charge is 0.161 e. The summed E-state index contributed by atoms with van der Waals surface area (Å²) in [7, 11) is 3.73. The summed E-state index contributed by atoms with van der Waals surface area (Å²) in [6, 6.07) is 6.46. The number of nitrogens with one attached hydrogen (secondary N) is 1. The van der Waals surface area contributed by atoms with Crippen molar-refractivity contribution < 1.29 is 14.2 Å². The van der Waals surface area contributed by atoms with E-state index in [-0.39, 0.29) is 6.04 Å². The normalized spacial score (nSPS) is 13.8. The summed E-state index contributed by atoms with van der Waals surface area (Å²) < 4.78 is 16.5. The second kappa shape index (κ2) is 9.64. The minimum Gasteiger partial charge on any atom is -0.490 e. The van der Waals surface area contributed by atoms with Crippen LogP contribution in [0.5, 0.6) is 11.5 Å². The molecule has 120 valence electrons. The van der Waals surface area contributed by atoms with Gasteiger partial charge in [0.15, 0.2) is 11.5 Å². The molecule has 0 saturated heterocycles. The highest BCUT2D eigenvalue weighted by atomic mass is 16.5. The topological polar surface area (TPSA) is 39.7 Å². The second-order valence-electron chi connectivity index (χ2n) is 5.21. The predicted octanol–water partition coefficient (Wildman–Crippen LogP) is 3.42. The Hall–Kier alpha value is -1.26. The molecule has 1 aromatic carbocycles. The van der Waals surface area contributed by atoms with Crippen LogP contribution in [0.25, 0.3) is 0 Å². The van der Waals surface area contributed by atoms with E-state index in [0.29, 0.717) is 19.1 Å². The summed E-state index contributed by atoms with van der Waals surface area (Å²) in [4.78, 5) is 0. The molecular formula is C17H29NO3. The van der Waals surface area contributed by atoms with Crippen molar-refractivity contribution in [1.29, 1.82) is 0 Å². The summed E-state index contributed by atoms with van der Waals surface area (Å²) in [5.74, 6) is 2.12. The molecule has 4 heteroatoms. The van der Waals surface area contributed by atoms with E-state index in [1.807, 2.05) is 27.0 Å². The van der Waals surface area contributed by atoms with Crippen LogP contribution in [0.3, 0.4) is 0 Å². The highest BCUT2D eigenvalue weighted by Crippen LogP contribution is 2.32. The minimum atomic E-state index is 0.282. The van der Waals surface area contributed by atoms with Crippen molar-refractivity contribution in [3.8, 4) is 11.5 Å². The van der Waals surface area contributed by atoms with Crippen LogP contribution in [-0.2, 0) is 4.74 Å². The van der Waals surface area contributed by atoms with E-state index in [4.69, 9.17) is 14.2 Å². The lowest BCUT2D eigenvalue weighted by atomic mass is 9.96. The lowest BCUT2D eigenvalue weighted by Gasteiger charge is -2.22. The average Bonchev–Trinajstić information content (AvgIpc) is 2.47. The van der Waals surface area contributed by atoms with Crippen molar-refractivity contribution in [3.63, 3.8) is 0 Å². The molecule has 2 unspecified atom stereocenters. The Morgan fingerprint density at radius 2 is 1.76 bits per heavy atom. The Bertz CT molecular complexity index is 409. The van der Waals surface area contributed by atoms with Crippen LogP contribution in [0.2, 0.25) is 0 Å². The van der Waals surface area contributed by atoms with Gasteiger partial charge in [-0.3, -0.25) is 0 Å². The first-order valence-corrected chi connectivity index (χ1v) is 7.71. The van der Waals surface area contributed by atoms with Gasteiger partial charge in [-0.1, -0.05) is 13.0 Å². The van der Waals surface area contributed by atoms with E-state index in [2.05, 4.69) is 24.4 Å². The standard InChI is InChI=1S/C17H29NO3/c1-6-20-16-9-8-14(11-17(16)21-7-2)15(18-4)10-13(3)12-19-5/h8-9,11,13,15,18H,6-7,10,12H2,1-5H3. The number of benzene rings is 1. The molecule has 1 rings (SSSR count). The summed E-state index contributed by atoms with van der Waals surface area (Å²) in [6.07, 6.45) is 1.02. The van der Waals surface area contributed by atoms with Gasteiger partial charge in [-0.2, -0.15) is 0 Å². The third-order valence-corrected chi connectivity index (χ3v) is 3.41. The van der Waals surface area contributed by atoms with Crippen molar-refractivity contribution in [1.82, 2.24) is 5.32 Å². The largest absolute Gasteiger partial charge is 0.490 e. The molecule has 0 fully saturated rings. The van der Waals surface area contributed by atoms with Gasteiger partial charge in [0.2, 0.25) is 0 Å². The molecule has 0 heterocycles. The molecular weight excluding hydrogens is 266 g/mol. The van der Waals surface area contributed by atoms with Crippen LogP contribution in [0.4, 0.5) is 0 Å². The van der Waals surface area contributed by atoms with Crippen molar-refractivity contribution >= 4 is 0 Å². The van der Waals surface area contributed by atoms with Crippen molar-refractivity contribution in [2.24, 2.45) is 5.92 Å². The molecule has 0 radical (unpaired) electrons. The fourth-order valence-electron chi connectivity index (χ4n) is 2.46. The van der Waals surface area contributed by atoms with Gasteiger partial charge in [0.05, 0.1) is 13.2 Å². The molecule has 4 nitrogen and oxygen atoms in total. The Morgan fingerprint density at radius 3 is 2.33 bits per heavy atom. The summed E-state index contributed by atoms with van der Waals surface area (Å²) in [5.41, 5.74) is 1.22. The molecule has 1 aromatic rings. The molecule has 0 amide bonds. The molecule has 0 saturated carbocycles. The molecule has 0 aliphatic heterocycles. The zero-order chi connectivity index (χ0) is 15.7. The maximum Gasteiger partial charge on any atom is 0.161 e. The van der Waals surface area contributed by atoms with E-state index in [9.17, 15) is 0 Å². The van der Waals surface area contributed by atoms with Crippen LogP contribution in [0.1, 0.15) is 38.8 Å². The minimum absolute atomic E-state index is 0.282. The molecule has 1 N–H and O–H groups in total. The number of methoxy groups -OCH3 is 1. The van der Waals surface area contributed by atoms with Crippen LogP contribution in [0.15, 0.2) is 18.2 Å². The van der Waals surface area contributed by atoms with E-state index in [1.165, 1.54) is 5.56 Å². The number of hydrogen-bond donors (Lipinski definition) is 1. The van der Waals surface area contributed by atoms with Gasteiger partial charge in [0.25, 0.3) is 0 Å². The van der Waals surface area contributed by atoms with E-state index in [0.717, 1.165) is 24.5 Å². The Kier molecular flexibility index (Phi) is 8.16. The third kappa shape index (κ3) is 5.56. The highest BCUT2D eigenvalue weighted by molar-refractivity contribution is 5.44. The lowest BCUT2D eigenvalue weighted by Crippen LogP contribution is -2.20. The van der Waals surface area contributed by atoms with Crippen LogP contribution in [0, 0.1) is 5.92 Å². The zero-order valence-corrected chi connectivity index (χ0v) is 13.9. The van der Waals surface area contributed by atoms with Gasteiger partial charge in [0.1, 0.15) is 0 Å². The first-order valence-electron chi connectivity index (χ1n) is 7.71. The Morgan fingerprint density at radius 1 is 1.10 bits per heavy atom. The SMILES string of the molecule is CCOc1ccc(C(CC(C)COC)NC)cc1OCC. The molecule has 21 heavy (non-hydrogen) atoms. The lowest BCUT2D eigenvalue weighted by molar-refractivity contribution is 0.150. The first kappa shape index (κ1) is 17.8. The van der Waals surface area contributed by atoms with Crippen molar-refractivity contribution in [2.45, 2.75) is 33.2 Å². The van der Waals surface area contributed by atoms with Crippen LogP contribution >= 0.6 is 0 Å². The quantitative estimate of drug-likeness (QED) is 0.718. The average molecular weight is 295 g/mol. The number of rotatable bonds is 10. The zero-order valence-electron chi connectivity index (χ0n) is 13.9. The Balaban J connectivity index is 2.90. The number of ether oxygens (including phenoxy) is 3. The van der Waals surface area contributed by atoms with Crippen LogP contribution < -0.4 is 14.8 Å². The molecule has 0 aliphatic carbocycles. The van der Waals surface area contributed by atoms with E-state index >= 15 is 0 Å². The molecule has 0 bridgehead atoms. The predicted molar refractivity (Wildman–Crippen MR) is 86.2 cm³/mol. The van der Waals surface area contributed by atoms with Gasteiger partial charge in [-0.15, -0.1) is 0 Å². The third-order valence-electron chi connectivity index (χ3n) is 3.41. The molecule has 0 aliphatic rings. The summed E-state index contributed by atoms with van der Waals surface area (Å²) >= 11 is 0. The van der Waals surface area contributed by atoms with Gasteiger partial charge < -0.3 is 19.5 Å². The van der Waals surface area contributed by atoms with Gasteiger partial charge in [0, 0.05) is 19.8 Å². The maximum atomic E-state index is 5.70. The molecule has 2 atom stereocenters. The summed E-state index contributed by atoms with van der Waals surface area (Å²) in [5, 5.41) is 3.38.